The van der Waals surface area contributed by atoms with Crippen LogP contribution in [-0.4, -0.2) is 9.97 Å². The zero-order chi connectivity index (χ0) is 6.69. The van der Waals surface area contributed by atoms with E-state index in [1.54, 1.807) is 12.4 Å². The maximum absolute atomic E-state index is 4.06. The summed E-state index contributed by atoms with van der Waals surface area (Å²) >= 11 is 0. The first-order chi connectivity index (χ1) is 4.33. The molecule has 0 saturated carbocycles. The lowest BCUT2D eigenvalue weighted by Gasteiger charge is -1.92. The van der Waals surface area contributed by atoms with Crippen molar-refractivity contribution in [2.24, 2.45) is 0 Å². The number of aromatic nitrogens is 2. The highest BCUT2D eigenvalue weighted by Crippen LogP contribution is 1.88. The van der Waals surface area contributed by atoms with Gasteiger partial charge in [0, 0.05) is 24.1 Å². The van der Waals surface area contributed by atoms with Crippen molar-refractivity contribution in [3.8, 4) is 0 Å². The van der Waals surface area contributed by atoms with E-state index in [1.807, 2.05) is 6.92 Å². The van der Waals surface area contributed by atoms with Crippen molar-refractivity contribution >= 4 is 14.5 Å². The summed E-state index contributed by atoms with van der Waals surface area (Å²) in [6, 6.07) is 0. The molecular formula is C6H9N2P. The molecule has 1 aromatic heterocycles. The Hall–Kier alpha value is -0.490. The van der Waals surface area contributed by atoms with E-state index in [0.717, 1.165) is 17.5 Å². The molecule has 1 heterocycles. The topological polar surface area (TPSA) is 25.8 Å². The third-order valence-corrected chi connectivity index (χ3v) is 1.34. The monoisotopic (exact) mass is 140 g/mol. The van der Waals surface area contributed by atoms with E-state index >= 15 is 0 Å². The molecule has 2 nitrogen and oxygen atoms in total. The van der Waals surface area contributed by atoms with Crippen LogP contribution in [0.3, 0.4) is 0 Å². The first-order valence-corrected chi connectivity index (χ1v) is 3.47. The standard InChI is InChI=1S/C6H9N2P/c1-2-6-7-3-5(9)4-8-6/h3-4H,2,9H2,1H3. The lowest BCUT2D eigenvalue weighted by Crippen LogP contribution is -1.98. The predicted octanol–water partition coefficient (Wildman–Crippen LogP) is 0.539. The fourth-order valence-corrected chi connectivity index (χ4v) is 0.696. The van der Waals surface area contributed by atoms with Crippen LogP contribution in [-0.2, 0) is 6.42 Å². The molecular weight excluding hydrogens is 131 g/mol. The Morgan fingerprint density at radius 1 is 1.44 bits per heavy atom. The van der Waals surface area contributed by atoms with E-state index in [0.29, 0.717) is 0 Å². The Labute approximate surface area is 56.9 Å². The average molecular weight is 140 g/mol. The highest BCUT2D eigenvalue weighted by molar-refractivity contribution is 7.27. The van der Waals surface area contributed by atoms with Crippen LogP contribution in [0.5, 0.6) is 0 Å². The third-order valence-electron chi connectivity index (χ3n) is 1.04. The minimum Gasteiger partial charge on any atom is -0.241 e. The van der Waals surface area contributed by atoms with Gasteiger partial charge in [0.2, 0.25) is 0 Å². The lowest BCUT2D eigenvalue weighted by atomic mass is 10.4. The largest absolute Gasteiger partial charge is 0.241 e. The van der Waals surface area contributed by atoms with Gasteiger partial charge in [0.25, 0.3) is 0 Å². The molecule has 1 atom stereocenters. The summed E-state index contributed by atoms with van der Waals surface area (Å²) in [5.41, 5.74) is 0. The molecule has 0 radical (unpaired) electrons. The molecule has 1 unspecified atom stereocenters. The van der Waals surface area contributed by atoms with Crippen LogP contribution in [0.1, 0.15) is 12.7 Å². The Balaban J connectivity index is 2.88. The zero-order valence-corrected chi connectivity index (χ0v) is 6.49. The van der Waals surface area contributed by atoms with Gasteiger partial charge in [-0.15, -0.1) is 9.24 Å². The number of hydrogen-bond acceptors (Lipinski definition) is 2. The molecule has 0 spiro atoms. The number of hydrogen-bond donors (Lipinski definition) is 0. The summed E-state index contributed by atoms with van der Waals surface area (Å²) in [4.78, 5) is 8.13. The quantitative estimate of drug-likeness (QED) is 0.532. The molecule has 9 heavy (non-hydrogen) atoms. The molecule has 48 valence electrons. The molecule has 0 aliphatic rings. The normalized spacial score (nSPS) is 9.56. The predicted molar refractivity (Wildman–Crippen MR) is 40.8 cm³/mol. The van der Waals surface area contributed by atoms with E-state index in [2.05, 4.69) is 19.2 Å². The van der Waals surface area contributed by atoms with Gasteiger partial charge in [-0.25, -0.2) is 9.97 Å². The van der Waals surface area contributed by atoms with Gasteiger partial charge >= 0.3 is 0 Å². The lowest BCUT2D eigenvalue weighted by molar-refractivity contribution is 0.945. The number of rotatable bonds is 1. The van der Waals surface area contributed by atoms with Crippen molar-refractivity contribution in [3.63, 3.8) is 0 Å². The summed E-state index contributed by atoms with van der Waals surface area (Å²) in [7, 11) is 2.55. The summed E-state index contributed by atoms with van der Waals surface area (Å²) in [5.74, 6) is 0.904. The number of aryl methyl sites for hydroxylation is 1. The maximum Gasteiger partial charge on any atom is 0.127 e. The Morgan fingerprint density at radius 2 is 2.00 bits per heavy atom. The van der Waals surface area contributed by atoms with Gasteiger partial charge in [-0.1, -0.05) is 6.92 Å². The van der Waals surface area contributed by atoms with E-state index < -0.39 is 0 Å². The van der Waals surface area contributed by atoms with Crippen molar-refractivity contribution in [2.75, 3.05) is 0 Å². The van der Waals surface area contributed by atoms with Crippen LogP contribution in [0.4, 0.5) is 0 Å². The smallest absolute Gasteiger partial charge is 0.127 e. The molecule has 1 aromatic rings. The maximum atomic E-state index is 4.06. The fourth-order valence-electron chi connectivity index (χ4n) is 0.547. The summed E-state index contributed by atoms with van der Waals surface area (Å²) < 4.78 is 0. The summed E-state index contributed by atoms with van der Waals surface area (Å²) in [6.45, 7) is 2.04. The Bertz CT molecular complexity index is 183. The second-order valence-electron chi connectivity index (χ2n) is 1.79. The van der Waals surface area contributed by atoms with Crippen molar-refractivity contribution in [2.45, 2.75) is 13.3 Å². The Morgan fingerprint density at radius 3 is 2.44 bits per heavy atom. The third kappa shape index (κ3) is 1.72. The average Bonchev–Trinajstić information content (AvgIpc) is 1.90. The van der Waals surface area contributed by atoms with Crippen LogP contribution in [0.2, 0.25) is 0 Å². The van der Waals surface area contributed by atoms with Gasteiger partial charge in [0.15, 0.2) is 0 Å². The molecule has 0 aromatic carbocycles. The molecule has 3 heteroatoms. The minimum atomic E-state index is 0.904. The molecule has 0 aliphatic heterocycles. The van der Waals surface area contributed by atoms with Crippen molar-refractivity contribution in [1.29, 1.82) is 0 Å². The van der Waals surface area contributed by atoms with Crippen LogP contribution >= 0.6 is 9.24 Å². The van der Waals surface area contributed by atoms with E-state index in [1.165, 1.54) is 0 Å². The van der Waals surface area contributed by atoms with Crippen LogP contribution < -0.4 is 5.30 Å². The van der Waals surface area contributed by atoms with Crippen molar-refractivity contribution in [3.05, 3.63) is 18.2 Å². The second kappa shape index (κ2) is 2.88. The molecule has 0 saturated heterocycles. The summed E-state index contributed by atoms with van der Waals surface area (Å²) in [5, 5.41) is 1.03. The molecule has 0 amide bonds. The minimum absolute atomic E-state index is 0.904. The number of nitrogens with zero attached hydrogens (tertiary/aromatic N) is 2. The molecule has 0 fully saturated rings. The van der Waals surface area contributed by atoms with Gasteiger partial charge < -0.3 is 0 Å². The van der Waals surface area contributed by atoms with Gasteiger partial charge in [-0.05, 0) is 0 Å². The van der Waals surface area contributed by atoms with E-state index in [-0.39, 0.29) is 0 Å². The van der Waals surface area contributed by atoms with Gasteiger partial charge in [-0.2, -0.15) is 0 Å². The Kier molecular flexibility index (Phi) is 2.12. The van der Waals surface area contributed by atoms with Gasteiger partial charge in [0.1, 0.15) is 5.82 Å². The van der Waals surface area contributed by atoms with E-state index in [4.69, 9.17) is 0 Å². The highest BCUT2D eigenvalue weighted by atomic mass is 31.0. The second-order valence-corrected chi connectivity index (χ2v) is 2.45. The summed E-state index contributed by atoms with van der Waals surface area (Å²) in [6.07, 6.45) is 4.51. The fraction of sp³-hybridized carbons (Fsp3) is 0.333. The molecule has 0 aliphatic carbocycles. The molecule has 0 bridgehead atoms. The van der Waals surface area contributed by atoms with Crippen LogP contribution in [0.15, 0.2) is 12.4 Å². The zero-order valence-electron chi connectivity index (χ0n) is 5.33. The van der Waals surface area contributed by atoms with Crippen molar-refractivity contribution in [1.82, 2.24) is 9.97 Å². The SMILES string of the molecule is CCc1ncc(P)cn1. The molecule has 0 N–H and O–H groups in total. The van der Waals surface area contributed by atoms with Crippen LogP contribution in [0, 0.1) is 0 Å². The van der Waals surface area contributed by atoms with Gasteiger partial charge in [-0.3, -0.25) is 0 Å². The van der Waals surface area contributed by atoms with Crippen LogP contribution in [0.25, 0.3) is 0 Å². The molecule has 1 rings (SSSR count). The van der Waals surface area contributed by atoms with E-state index in [9.17, 15) is 0 Å². The van der Waals surface area contributed by atoms with Gasteiger partial charge in [0.05, 0.1) is 0 Å². The van der Waals surface area contributed by atoms with Crippen molar-refractivity contribution < 1.29 is 0 Å². The first kappa shape index (κ1) is 6.63. The highest BCUT2D eigenvalue weighted by Gasteiger charge is 1.88. The first-order valence-electron chi connectivity index (χ1n) is 2.89.